The topological polar surface area (TPSA) is 153 Å². The number of phenolic OH excluding ortho intramolecular Hbond substituents is 2. The summed E-state index contributed by atoms with van der Waals surface area (Å²) < 4.78 is 1.41. The van der Waals surface area contributed by atoms with Gasteiger partial charge in [-0.3, -0.25) is 0 Å². The summed E-state index contributed by atoms with van der Waals surface area (Å²) in [7, 11) is 0. The van der Waals surface area contributed by atoms with Crippen LogP contribution in [0.5, 0.6) is 17.4 Å². The van der Waals surface area contributed by atoms with Crippen molar-refractivity contribution in [3.63, 3.8) is 0 Å². The number of fused-ring (bicyclic) bond motifs is 1. The van der Waals surface area contributed by atoms with Gasteiger partial charge in [-0.15, -0.1) is 15.3 Å². The molecule has 5 aromatic carbocycles. The SMILES string of the molecule is Cc1ccc(-n2nc(C)c(N=Nc3ccc4cc(C)c(N=Nc5ccc(N=Nc6cccc(C)c6)cc5O)c(O)c4c3)c2O)cc1. The molecule has 0 saturated heterocycles. The van der Waals surface area contributed by atoms with E-state index in [1.54, 1.807) is 31.2 Å². The number of azo groups is 3. The number of aromatic nitrogens is 2. The van der Waals surface area contributed by atoms with E-state index in [-0.39, 0.29) is 34.4 Å². The first kappa shape index (κ1) is 29.8. The Labute approximate surface area is 264 Å². The highest BCUT2D eigenvalue weighted by Crippen LogP contribution is 2.42. The molecule has 11 heteroatoms. The summed E-state index contributed by atoms with van der Waals surface area (Å²) in [6.45, 7) is 7.51. The third-order valence-electron chi connectivity index (χ3n) is 7.31. The minimum Gasteiger partial charge on any atom is -0.506 e. The van der Waals surface area contributed by atoms with Crippen LogP contribution in [0.2, 0.25) is 0 Å². The lowest BCUT2D eigenvalue weighted by Gasteiger charge is -2.08. The Morgan fingerprint density at radius 3 is 2.00 bits per heavy atom. The van der Waals surface area contributed by atoms with E-state index in [1.807, 2.05) is 81.4 Å². The summed E-state index contributed by atoms with van der Waals surface area (Å²) >= 11 is 0. The Morgan fingerprint density at radius 1 is 0.587 bits per heavy atom. The molecule has 0 bridgehead atoms. The van der Waals surface area contributed by atoms with Crippen molar-refractivity contribution in [1.82, 2.24) is 9.78 Å². The Kier molecular flexibility index (Phi) is 8.04. The third-order valence-corrected chi connectivity index (χ3v) is 7.31. The molecule has 228 valence electrons. The van der Waals surface area contributed by atoms with E-state index >= 15 is 0 Å². The molecule has 0 spiro atoms. The van der Waals surface area contributed by atoms with E-state index in [9.17, 15) is 15.3 Å². The first-order valence-corrected chi connectivity index (χ1v) is 14.4. The summed E-state index contributed by atoms with van der Waals surface area (Å²) in [4.78, 5) is 0. The highest BCUT2D eigenvalue weighted by molar-refractivity contribution is 5.95. The first-order valence-electron chi connectivity index (χ1n) is 14.4. The van der Waals surface area contributed by atoms with Crippen molar-refractivity contribution in [2.75, 3.05) is 0 Å². The molecule has 3 N–H and O–H groups in total. The number of hydrogen-bond donors (Lipinski definition) is 3. The number of phenols is 2. The highest BCUT2D eigenvalue weighted by atomic mass is 16.3. The predicted octanol–water partition coefficient (Wildman–Crippen LogP) is 10.6. The zero-order valence-electron chi connectivity index (χ0n) is 25.6. The van der Waals surface area contributed by atoms with E-state index in [2.05, 4.69) is 35.8 Å². The quantitative estimate of drug-likeness (QED) is 0.154. The molecule has 0 amide bonds. The largest absolute Gasteiger partial charge is 0.506 e. The van der Waals surface area contributed by atoms with Crippen LogP contribution < -0.4 is 0 Å². The maximum Gasteiger partial charge on any atom is 0.243 e. The highest BCUT2D eigenvalue weighted by Gasteiger charge is 2.16. The van der Waals surface area contributed by atoms with E-state index in [0.717, 1.165) is 16.5 Å². The third kappa shape index (κ3) is 6.20. The molecule has 1 heterocycles. The van der Waals surface area contributed by atoms with Gasteiger partial charge in [-0.1, -0.05) is 35.9 Å². The van der Waals surface area contributed by atoms with Crippen molar-refractivity contribution in [3.05, 3.63) is 113 Å². The van der Waals surface area contributed by atoms with Gasteiger partial charge in [0.1, 0.15) is 17.1 Å². The molecule has 6 rings (SSSR count). The van der Waals surface area contributed by atoms with Crippen LogP contribution in [-0.2, 0) is 0 Å². The Hall–Kier alpha value is -6.23. The van der Waals surface area contributed by atoms with Crippen molar-refractivity contribution in [2.45, 2.75) is 27.7 Å². The summed E-state index contributed by atoms with van der Waals surface area (Å²) in [6, 6.07) is 27.0. The first-order chi connectivity index (χ1) is 22.2. The number of rotatable bonds is 7. The molecule has 0 aliphatic rings. The van der Waals surface area contributed by atoms with Crippen LogP contribution in [0.3, 0.4) is 0 Å². The molecule has 0 saturated carbocycles. The molecule has 0 aliphatic heterocycles. The molecule has 0 unspecified atom stereocenters. The molecule has 0 aliphatic carbocycles. The fourth-order valence-electron chi connectivity index (χ4n) is 4.85. The summed E-state index contributed by atoms with van der Waals surface area (Å²) in [5.74, 6) is -0.350. The van der Waals surface area contributed by atoms with Gasteiger partial charge in [0.05, 0.1) is 28.4 Å². The standard InChI is InChI=1S/C35H30N8O3/c1-20-8-13-28(14-9-20)43-35(46)33(23(4)42-43)41-38-26-11-10-24-17-22(3)32(34(45)29(24)18-26)40-39-30-15-12-27(19-31(30)44)37-36-25-7-5-6-21(2)16-25/h5-19,44-46H,1-4H3. The number of nitrogens with zero attached hydrogens (tertiary/aromatic N) is 8. The fourth-order valence-corrected chi connectivity index (χ4v) is 4.85. The van der Waals surface area contributed by atoms with Crippen LogP contribution in [0.4, 0.5) is 34.1 Å². The van der Waals surface area contributed by atoms with E-state index in [0.29, 0.717) is 39.4 Å². The predicted molar refractivity (Wildman–Crippen MR) is 177 cm³/mol. The van der Waals surface area contributed by atoms with Gasteiger partial charge in [-0.05, 0) is 98.8 Å². The van der Waals surface area contributed by atoms with Gasteiger partial charge in [0, 0.05) is 11.5 Å². The second kappa shape index (κ2) is 12.4. The molecule has 11 nitrogen and oxygen atoms in total. The van der Waals surface area contributed by atoms with E-state index in [4.69, 9.17) is 0 Å². The van der Waals surface area contributed by atoms with Gasteiger partial charge in [0.25, 0.3) is 0 Å². The van der Waals surface area contributed by atoms with Gasteiger partial charge in [0.15, 0.2) is 11.4 Å². The number of aromatic hydroxyl groups is 3. The normalized spacial score (nSPS) is 11.9. The lowest BCUT2D eigenvalue weighted by atomic mass is 10.0. The number of hydrogen-bond acceptors (Lipinski definition) is 10. The summed E-state index contributed by atoms with van der Waals surface area (Å²) in [5.41, 5.74) is 6.37. The van der Waals surface area contributed by atoms with Crippen LogP contribution in [0.25, 0.3) is 16.5 Å². The van der Waals surface area contributed by atoms with E-state index in [1.165, 1.54) is 10.7 Å². The van der Waals surface area contributed by atoms with Crippen molar-refractivity contribution in [3.8, 4) is 23.1 Å². The van der Waals surface area contributed by atoms with Crippen LogP contribution in [-0.4, -0.2) is 25.1 Å². The van der Waals surface area contributed by atoms with Crippen molar-refractivity contribution in [2.24, 2.45) is 30.7 Å². The van der Waals surface area contributed by atoms with Crippen molar-refractivity contribution < 1.29 is 15.3 Å². The van der Waals surface area contributed by atoms with E-state index < -0.39 is 0 Å². The second-order valence-electron chi connectivity index (χ2n) is 10.9. The average Bonchev–Trinajstić information content (AvgIpc) is 3.32. The number of aryl methyl sites for hydroxylation is 4. The fraction of sp³-hybridized carbons (Fsp3) is 0.114. The Morgan fingerprint density at radius 2 is 1.26 bits per heavy atom. The molecular formula is C35H30N8O3. The summed E-state index contributed by atoms with van der Waals surface area (Å²) in [6.07, 6.45) is 0. The van der Waals surface area contributed by atoms with Crippen LogP contribution in [0.1, 0.15) is 22.4 Å². The number of benzene rings is 5. The maximum absolute atomic E-state index is 11.2. The lowest BCUT2D eigenvalue weighted by Crippen LogP contribution is -1.95. The summed E-state index contributed by atoms with van der Waals surface area (Å²) in [5, 5.41) is 63.7. The zero-order valence-corrected chi connectivity index (χ0v) is 25.6. The Bertz CT molecular complexity index is 2180. The molecule has 0 atom stereocenters. The van der Waals surface area contributed by atoms with Crippen molar-refractivity contribution in [1.29, 1.82) is 0 Å². The molecule has 6 aromatic rings. The van der Waals surface area contributed by atoms with Gasteiger partial charge >= 0.3 is 0 Å². The maximum atomic E-state index is 11.2. The van der Waals surface area contributed by atoms with Crippen LogP contribution >= 0.6 is 0 Å². The second-order valence-corrected chi connectivity index (χ2v) is 10.9. The lowest BCUT2D eigenvalue weighted by molar-refractivity contribution is 0.434. The molecule has 46 heavy (non-hydrogen) atoms. The van der Waals surface area contributed by atoms with Crippen LogP contribution in [0, 0.1) is 27.7 Å². The van der Waals surface area contributed by atoms with Gasteiger partial charge in [-0.2, -0.15) is 25.1 Å². The van der Waals surface area contributed by atoms with Gasteiger partial charge in [-0.25, -0.2) is 0 Å². The minimum atomic E-state index is -0.130. The van der Waals surface area contributed by atoms with Gasteiger partial charge in [0.2, 0.25) is 5.88 Å². The van der Waals surface area contributed by atoms with Crippen LogP contribution in [0.15, 0.2) is 122 Å². The molecule has 0 radical (unpaired) electrons. The zero-order chi connectivity index (χ0) is 32.4. The van der Waals surface area contributed by atoms with Gasteiger partial charge < -0.3 is 15.3 Å². The smallest absolute Gasteiger partial charge is 0.243 e. The molecule has 0 fully saturated rings. The molecule has 1 aromatic heterocycles. The monoisotopic (exact) mass is 610 g/mol. The average molecular weight is 611 g/mol. The molecular weight excluding hydrogens is 580 g/mol. The minimum absolute atomic E-state index is 0.0925. The van der Waals surface area contributed by atoms with Crippen molar-refractivity contribution >= 4 is 44.9 Å². The Balaban J connectivity index is 1.25.